The minimum absolute atomic E-state index is 0.0594. The number of nitrogens with one attached hydrogen (secondary N) is 1. The van der Waals surface area contributed by atoms with Crippen molar-refractivity contribution in [3.05, 3.63) is 11.5 Å². The number of anilines is 1. The number of ether oxygens (including phenoxy) is 1. The van der Waals surface area contributed by atoms with Gasteiger partial charge in [-0.15, -0.1) is 0 Å². The summed E-state index contributed by atoms with van der Waals surface area (Å²) in [6, 6.07) is -0.186. The zero-order valence-electron chi connectivity index (χ0n) is 15.3. The summed E-state index contributed by atoms with van der Waals surface area (Å²) in [7, 11) is 0. The Morgan fingerprint density at radius 1 is 1.29 bits per heavy atom. The number of carbonyl (C=O) groups is 2. The Labute approximate surface area is 142 Å². The second-order valence-corrected chi connectivity index (χ2v) is 7.44. The molecule has 0 bridgehead atoms. The third-order valence-electron chi connectivity index (χ3n) is 4.15. The molecule has 7 heteroatoms. The van der Waals surface area contributed by atoms with Gasteiger partial charge in [-0.1, -0.05) is 5.16 Å². The third-order valence-corrected chi connectivity index (χ3v) is 4.15. The highest BCUT2D eigenvalue weighted by Crippen LogP contribution is 2.26. The van der Waals surface area contributed by atoms with Gasteiger partial charge in [0.2, 0.25) is 0 Å². The molecule has 2 amide bonds. The number of nitrogens with zero attached hydrogens (tertiary/aromatic N) is 2. The molecule has 0 aliphatic carbocycles. The first kappa shape index (κ1) is 18.3. The molecule has 0 unspecified atom stereocenters. The maximum absolute atomic E-state index is 12.6. The number of rotatable bonds is 2. The van der Waals surface area contributed by atoms with Crippen LogP contribution in [0.25, 0.3) is 0 Å². The number of carbonyl (C=O) groups excluding carboxylic acids is 2. The van der Waals surface area contributed by atoms with Crippen LogP contribution in [0.2, 0.25) is 0 Å². The van der Waals surface area contributed by atoms with Crippen LogP contribution in [0.4, 0.5) is 10.5 Å². The van der Waals surface area contributed by atoms with Crippen LogP contribution >= 0.6 is 0 Å². The summed E-state index contributed by atoms with van der Waals surface area (Å²) in [6.45, 7) is 11.4. The van der Waals surface area contributed by atoms with E-state index in [0.717, 1.165) is 12.8 Å². The van der Waals surface area contributed by atoms with Crippen LogP contribution in [0.15, 0.2) is 4.52 Å². The van der Waals surface area contributed by atoms with Gasteiger partial charge in [-0.25, -0.2) is 4.79 Å². The standard InChI is InChI=1S/C17H27N3O4/c1-10-7-8-13(15(21)23-17(4,5)6)9-20(10)16(22)18-14-11(2)19-24-12(14)3/h10,13H,7-9H2,1-6H3,(H,18,22)/t10-,13+/m0/s1. The van der Waals surface area contributed by atoms with E-state index in [1.807, 2.05) is 27.7 Å². The summed E-state index contributed by atoms with van der Waals surface area (Å²) in [5, 5.41) is 6.68. The van der Waals surface area contributed by atoms with Gasteiger partial charge in [0.25, 0.3) is 0 Å². The van der Waals surface area contributed by atoms with Gasteiger partial charge >= 0.3 is 12.0 Å². The average Bonchev–Trinajstić information content (AvgIpc) is 2.77. The highest BCUT2D eigenvalue weighted by atomic mass is 16.6. The fraction of sp³-hybridized carbons (Fsp3) is 0.706. The van der Waals surface area contributed by atoms with Gasteiger partial charge < -0.3 is 19.5 Å². The lowest BCUT2D eigenvalue weighted by atomic mass is 9.93. The Kier molecular flexibility index (Phi) is 5.20. The second-order valence-electron chi connectivity index (χ2n) is 7.44. The Morgan fingerprint density at radius 2 is 1.96 bits per heavy atom. The van der Waals surface area contributed by atoms with Crippen LogP contribution in [0.3, 0.4) is 0 Å². The zero-order chi connectivity index (χ0) is 18.1. The minimum Gasteiger partial charge on any atom is -0.460 e. The van der Waals surface area contributed by atoms with Crippen molar-refractivity contribution in [1.82, 2.24) is 10.1 Å². The number of hydrogen-bond donors (Lipinski definition) is 1. The largest absolute Gasteiger partial charge is 0.460 e. The van der Waals surface area contributed by atoms with Gasteiger partial charge in [0.05, 0.1) is 5.92 Å². The van der Waals surface area contributed by atoms with Crippen LogP contribution in [-0.2, 0) is 9.53 Å². The maximum Gasteiger partial charge on any atom is 0.322 e. The molecular weight excluding hydrogens is 310 g/mol. The summed E-state index contributed by atoms with van der Waals surface area (Å²) < 4.78 is 10.5. The number of aromatic nitrogens is 1. The number of urea groups is 1. The van der Waals surface area contributed by atoms with Crippen LogP contribution < -0.4 is 5.32 Å². The lowest BCUT2D eigenvalue weighted by molar-refractivity contribution is -0.161. The van der Waals surface area contributed by atoms with Crippen molar-refractivity contribution in [1.29, 1.82) is 0 Å². The smallest absolute Gasteiger partial charge is 0.322 e. The molecule has 1 saturated heterocycles. The average molecular weight is 337 g/mol. The Hall–Kier alpha value is -2.05. The second kappa shape index (κ2) is 6.83. The Morgan fingerprint density at radius 3 is 2.50 bits per heavy atom. The summed E-state index contributed by atoms with van der Waals surface area (Å²) in [4.78, 5) is 26.6. The number of piperidine rings is 1. The minimum atomic E-state index is -0.524. The maximum atomic E-state index is 12.6. The number of esters is 1. The van der Waals surface area contributed by atoms with Crippen LogP contribution in [0, 0.1) is 19.8 Å². The fourth-order valence-electron chi connectivity index (χ4n) is 2.81. The number of hydrogen-bond acceptors (Lipinski definition) is 5. The van der Waals surface area contributed by atoms with Crippen LogP contribution in [0.1, 0.15) is 52.0 Å². The monoisotopic (exact) mass is 337 g/mol. The van der Waals surface area contributed by atoms with Gasteiger partial charge in [-0.05, 0) is 54.4 Å². The van der Waals surface area contributed by atoms with E-state index in [0.29, 0.717) is 23.7 Å². The molecule has 0 radical (unpaired) electrons. The van der Waals surface area contributed by atoms with Crippen molar-refractivity contribution in [2.24, 2.45) is 5.92 Å². The molecular formula is C17H27N3O4. The van der Waals surface area contributed by atoms with Gasteiger partial charge in [-0.3, -0.25) is 4.79 Å². The Bertz CT molecular complexity index is 598. The van der Waals surface area contributed by atoms with E-state index in [9.17, 15) is 9.59 Å². The Balaban J connectivity index is 2.05. The van der Waals surface area contributed by atoms with Gasteiger partial charge in [0.1, 0.15) is 17.0 Å². The molecule has 2 atom stereocenters. The van der Waals surface area contributed by atoms with Gasteiger partial charge in [-0.2, -0.15) is 0 Å². The molecule has 1 aromatic rings. The van der Waals surface area contributed by atoms with Crippen molar-refractivity contribution in [3.8, 4) is 0 Å². The third kappa shape index (κ3) is 4.27. The summed E-state index contributed by atoms with van der Waals surface area (Å²) in [5.41, 5.74) is 0.699. The highest BCUT2D eigenvalue weighted by Gasteiger charge is 2.35. The molecule has 1 aliphatic rings. The number of aryl methyl sites for hydroxylation is 2. The van der Waals surface area contributed by atoms with Crippen LogP contribution in [-0.4, -0.2) is 40.2 Å². The fourth-order valence-corrected chi connectivity index (χ4v) is 2.81. The normalized spacial score (nSPS) is 21.5. The molecule has 1 N–H and O–H groups in total. The van der Waals surface area contributed by atoms with E-state index in [1.54, 1.807) is 18.7 Å². The molecule has 2 rings (SSSR count). The lowest BCUT2D eigenvalue weighted by Gasteiger charge is -2.37. The first-order valence-corrected chi connectivity index (χ1v) is 8.32. The van der Waals surface area contributed by atoms with Crippen molar-refractivity contribution in [2.45, 2.75) is 66.0 Å². The predicted octanol–water partition coefficient (Wildman–Crippen LogP) is 3.27. The molecule has 0 spiro atoms. The molecule has 134 valence electrons. The van der Waals surface area contributed by atoms with Gasteiger partial charge in [0, 0.05) is 12.6 Å². The summed E-state index contributed by atoms with van der Waals surface area (Å²) in [5.74, 6) is 0.0228. The number of likely N-dealkylation sites (tertiary alicyclic amines) is 1. The first-order chi connectivity index (χ1) is 11.1. The summed E-state index contributed by atoms with van der Waals surface area (Å²) >= 11 is 0. The highest BCUT2D eigenvalue weighted by molar-refractivity contribution is 5.91. The van der Waals surface area contributed by atoms with E-state index in [1.165, 1.54) is 0 Å². The molecule has 24 heavy (non-hydrogen) atoms. The predicted molar refractivity (Wildman–Crippen MR) is 89.7 cm³/mol. The van der Waals surface area contributed by atoms with Crippen LogP contribution in [0.5, 0.6) is 0 Å². The van der Waals surface area contributed by atoms with Crippen molar-refractivity contribution < 1.29 is 18.8 Å². The molecule has 0 saturated carbocycles. The topological polar surface area (TPSA) is 84.7 Å². The quantitative estimate of drug-likeness (QED) is 0.837. The molecule has 0 aromatic carbocycles. The van der Waals surface area contributed by atoms with Gasteiger partial charge in [0.15, 0.2) is 5.76 Å². The van der Waals surface area contributed by atoms with E-state index in [2.05, 4.69) is 10.5 Å². The summed E-state index contributed by atoms with van der Waals surface area (Å²) in [6.07, 6.45) is 1.49. The zero-order valence-corrected chi connectivity index (χ0v) is 15.3. The van der Waals surface area contributed by atoms with E-state index in [4.69, 9.17) is 9.26 Å². The van der Waals surface area contributed by atoms with Crippen molar-refractivity contribution >= 4 is 17.7 Å². The SMILES string of the molecule is Cc1noc(C)c1NC(=O)N1C[C@H](C(=O)OC(C)(C)C)CC[C@@H]1C. The molecule has 2 heterocycles. The lowest BCUT2D eigenvalue weighted by Crippen LogP contribution is -2.50. The van der Waals surface area contributed by atoms with Crippen molar-refractivity contribution in [3.63, 3.8) is 0 Å². The number of amides is 2. The van der Waals surface area contributed by atoms with Crippen molar-refractivity contribution in [2.75, 3.05) is 11.9 Å². The molecule has 7 nitrogen and oxygen atoms in total. The van der Waals surface area contributed by atoms with E-state index < -0.39 is 5.60 Å². The van der Waals surface area contributed by atoms with E-state index >= 15 is 0 Å². The first-order valence-electron chi connectivity index (χ1n) is 8.32. The molecule has 1 aliphatic heterocycles. The molecule has 1 fully saturated rings. The molecule has 1 aromatic heterocycles. The van der Waals surface area contributed by atoms with E-state index in [-0.39, 0.29) is 24.0 Å².